The first-order valence-electron chi connectivity index (χ1n) is 9.22. The van der Waals surface area contributed by atoms with Crippen molar-refractivity contribution in [2.24, 2.45) is 4.99 Å². The van der Waals surface area contributed by atoms with Crippen LogP contribution in [0.15, 0.2) is 41.5 Å². The molecule has 0 aliphatic heterocycles. The third kappa shape index (κ3) is 4.68. The van der Waals surface area contributed by atoms with E-state index < -0.39 is 0 Å². The molecule has 0 bridgehead atoms. The molecule has 0 unspecified atom stereocenters. The van der Waals surface area contributed by atoms with Gasteiger partial charge in [0.05, 0.1) is 21.3 Å². The number of fused-ring (bicyclic) bond motifs is 1. The van der Waals surface area contributed by atoms with Crippen LogP contribution in [0.1, 0.15) is 11.4 Å². The molecule has 0 saturated heterocycles. The van der Waals surface area contributed by atoms with E-state index in [0.717, 1.165) is 23.5 Å². The highest BCUT2D eigenvalue weighted by molar-refractivity contribution is 5.79. The van der Waals surface area contributed by atoms with Crippen molar-refractivity contribution in [3.8, 4) is 17.2 Å². The lowest BCUT2D eigenvalue weighted by atomic mass is 10.2. The van der Waals surface area contributed by atoms with E-state index >= 15 is 0 Å². The summed E-state index contributed by atoms with van der Waals surface area (Å²) in [5.74, 6) is 3.39. The third-order valence-electron chi connectivity index (χ3n) is 4.43. The van der Waals surface area contributed by atoms with Crippen LogP contribution in [-0.2, 0) is 13.0 Å². The van der Waals surface area contributed by atoms with Gasteiger partial charge in [-0.3, -0.25) is 9.39 Å². The summed E-state index contributed by atoms with van der Waals surface area (Å²) in [5, 5.41) is 15.0. The Kier molecular flexibility index (Phi) is 6.72. The number of nitrogens with one attached hydrogen (secondary N) is 2. The fourth-order valence-corrected chi connectivity index (χ4v) is 3.00. The summed E-state index contributed by atoms with van der Waals surface area (Å²) in [6, 6.07) is 9.65. The van der Waals surface area contributed by atoms with E-state index in [-0.39, 0.29) is 0 Å². The molecule has 0 spiro atoms. The average molecular weight is 398 g/mol. The molecule has 2 heterocycles. The zero-order valence-corrected chi connectivity index (χ0v) is 17.1. The highest BCUT2D eigenvalue weighted by Crippen LogP contribution is 2.38. The van der Waals surface area contributed by atoms with Crippen LogP contribution in [0, 0.1) is 0 Å². The first-order chi connectivity index (χ1) is 14.2. The molecule has 29 heavy (non-hydrogen) atoms. The fourth-order valence-electron chi connectivity index (χ4n) is 3.00. The molecule has 2 aromatic heterocycles. The minimum atomic E-state index is 0.546. The molecule has 0 atom stereocenters. The van der Waals surface area contributed by atoms with Crippen molar-refractivity contribution in [1.29, 1.82) is 0 Å². The van der Waals surface area contributed by atoms with Gasteiger partial charge >= 0.3 is 0 Å². The molecular formula is C20H26N6O3. The van der Waals surface area contributed by atoms with Gasteiger partial charge in [0.2, 0.25) is 5.75 Å². The summed E-state index contributed by atoms with van der Waals surface area (Å²) in [6.45, 7) is 1.22. The maximum Gasteiger partial charge on any atom is 0.203 e. The van der Waals surface area contributed by atoms with E-state index in [2.05, 4.69) is 25.8 Å². The molecule has 3 aromatic rings. The molecule has 9 nitrogen and oxygen atoms in total. The highest BCUT2D eigenvalue weighted by atomic mass is 16.5. The SMILES string of the molecule is CN=C(NCCc1nnc2ccccn12)NCc1cc(OC)c(OC)c(OC)c1. The van der Waals surface area contributed by atoms with Crippen LogP contribution in [0.4, 0.5) is 0 Å². The van der Waals surface area contributed by atoms with Gasteiger partial charge in [0.25, 0.3) is 0 Å². The number of aromatic nitrogens is 3. The zero-order chi connectivity index (χ0) is 20.6. The molecule has 1 aromatic carbocycles. The van der Waals surface area contributed by atoms with Gasteiger partial charge in [-0.15, -0.1) is 10.2 Å². The smallest absolute Gasteiger partial charge is 0.203 e. The molecule has 9 heteroatoms. The molecule has 0 saturated carbocycles. The highest BCUT2D eigenvalue weighted by Gasteiger charge is 2.13. The average Bonchev–Trinajstić information content (AvgIpc) is 3.18. The Morgan fingerprint density at radius 1 is 1.03 bits per heavy atom. The van der Waals surface area contributed by atoms with Crippen molar-refractivity contribution in [3.05, 3.63) is 47.9 Å². The van der Waals surface area contributed by atoms with Gasteiger partial charge in [-0.25, -0.2) is 0 Å². The summed E-state index contributed by atoms with van der Waals surface area (Å²) in [5.41, 5.74) is 1.82. The maximum atomic E-state index is 5.40. The molecule has 0 radical (unpaired) electrons. The van der Waals surface area contributed by atoms with E-state index in [1.54, 1.807) is 28.4 Å². The van der Waals surface area contributed by atoms with Crippen LogP contribution < -0.4 is 24.8 Å². The Labute approximate surface area is 169 Å². The van der Waals surface area contributed by atoms with Gasteiger partial charge in [0, 0.05) is 32.8 Å². The van der Waals surface area contributed by atoms with Crippen LogP contribution >= 0.6 is 0 Å². The number of ether oxygens (including phenoxy) is 3. The predicted octanol–water partition coefficient (Wildman–Crippen LogP) is 1.66. The number of hydrogen-bond acceptors (Lipinski definition) is 6. The van der Waals surface area contributed by atoms with Crippen molar-refractivity contribution >= 4 is 11.6 Å². The van der Waals surface area contributed by atoms with Crippen molar-refractivity contribution in [3.63, 3.8) is 0 Å². The molecular weight excluding hydrogens is 372 g/mol. The van der Waals surface area contributed by atoms with E-state index in [4.69, 9.17) is 14.2 Å². The lowest BCUT2D eigenvalue weighted by molar-refractivity contribution is 0.323. The van der Waals surface area contributed by atoms with Gasteiger partial charge in [-0.2, -0.15) is 0 Å². The topological polar surface area (TPSA) is 94.3 Å². The Bertz CT molecular complexity index is 960. The molecule has 154 valence electrons. The predicted molar refractivity (Wildman–Crippen MR) is 111 cm³/mol. The number of benzene rings is 1. The summed E-state index contributed by atoms with van der Waals surface area (Å²) < 4.78 is 18.1. The van der Waals surface area contributed by atoms with Crippen LogP contribution in [0.25, 0.3) is 5.65 Å². The van der Waals surface area contributed by atoms with Crippen molar-refractivity contribution in [2.75, 3.05) is 34.9 Å². The monoisotopic (exact) mass is 398 g/mol. The largest absolute Gasteiger partial charge is 0.493 e. The Balaban J connectivity index is 1.58. The lowest BCUT2D eigenvalue weighted by Gasteiger charge is -2.15. The summed E-state index contributed by atoms with van der Waals surface area (Å²) in [7, 11) is 6.52. The Morgan fingerprint density at radius 2 is 1.79 bits per heavy atom. The first-order valence-corrected chi connectivity index (χ1v) is 9.22. The second-order valence-electron chi connectivity index (χ2n) is 6.18. The van der Waals surface area contributed by atoms with Crippen LogP contribution in [0.5, 0.6) is 17.2 Å². The third-order valence-corrected chi connectivity index (χ3v) is 4.43. The van der Waals surface area contributed by atoms with Crippen LogP contribution in [0.2, 0.25) is 0 Å². The summed E-state index contributed by atoms with van der Waals surface area (Å²) in [4.78, 5) is 4.27. The second-order valence-corrected chi connectivity index (χ2v) is 6.18. The Hall–Kier alpha value is -3.49. The summed E-state index contributed by atoms with van der Waals surface area (Å²) in [6.07, 6.45) is 2.68. The molecule has 0 amide bonds. The molecule has 0 aliphatic rings. The number of rotatable bonds is 8. The lowest BCUT2D eigenvalue weighted by Crippen LogP contribution is -2.38. The van der Waals surface area contributed by atoms with Crippen LogP contribution in [-0.4, -0.2) is 55.5 Å². The summed E-state index contributed by atoms with van der Waals surface area (Å²) >= 11 is 0. The van der Waals surface area contributed by atoms with Crippen molar-refractivity contribution < 1.29 is 14.2 Å². The molecule has 0 aliphatic carbocycles. The zero-order valence-electron chi connectivity index (χ0n) is 17.1. The minimum Gasteiger partial charge on any atom is -0.493 e. The van der Waals surface area contributed by atoms with Gasteiger partial charge in [-0.1, -0.05) is 6.07 Å². The minimum absolute atomic E-state index is 0.546. The van der Waals surface area contributed by atoms with Crippen LogP contribution in [0.3, 0.4) is 0 Å². The number of methoxy groups -OCH3 is 3. The van der Waals surface area contributed by atoms with Crippen molar-refractivity contribution in [1.82, 2.24) is 25.2 Å². The first kappa shape index (κ1) is 20.2. The van der Waals surface area contributed by atoms with Gasteiger partial charge < -0.3 is 24.8 Å². The van der Waals surface area contributed by atoms with E-state index in [1.807, 2.05) is 40.9 Å². The number of guanidine groups is 1. The second kappa shape index (κ2) is 9.63. The van der Waals surface area contributed by atoms with E-state index in [0.29, 0.717) is 36.3 Å². The van der Waals surface area contributed by atoms with E-state index in [9.17, 15) is 0 Å². The standard InChI is InChI=1S/C20H26N6O3/c1-21-20(22-9-8-18-25-24-17-7-5-6-10-26(17)18)23-13-14-11-15(27-2)19(29-4)16(12-14)28-3/h5-7,10-12H,8-9,13H2,1-4H3,(H2,21,22,23). The number of nitrogens with zero attached hydrogens (tertiary/aromatic N) is 4. The normalized spacial score (nSPS) is 11.4. The van der Waals surface area contributed by atoms with Crippen molar-refractivity contribution in [2.45, 2.75) is 13.0 Å². The molecule has 0 fully saturated rings. The maximum absolute atomic E-state index is 5.40. The number of pyridine rings is 1. The Morgan fingerprint density at radius 3 is 2.45 bits per heavy atom. The number of aliphatic imine (C=N–C) groups is 1. The van der Waals surface area contributed by atoms with Gasteiger partial charge in [0.1, 0.15) is 5.82 Å². The van der Waals surface area contributed by atoms with E-state index in [1.165, 1.54) is 0 Å². The molecule has 3 rings (SSSR count). The quantitative estimate of drug-likeness (QED) is 0.440. The molecule has 2 N–H and O–H groups in total. The fraction of sp³-hybridized carbons (Fsp3) is 0.350. The number of hydrogen-bond donors (Lipinski definition) is 2. The van der Waals surface area contributed by atoms with Gasteiger partial charge in [-0.05, 0) is 29.8 Å². The van der Waals surface area contributed by atoms with Gasteiger partial charge in [0.15, 0.2) is 23.1 Å².